The van der Waals surface area contributed by atoms with Crippen LogP contribution in [0.4, 0.5) is 0 Å². The van der Waals surface area contributed by atoms with Gasteiger partial charge in [-0.2, -0.15) is 5.26 Å². The molecule has 0 aromatic carbocycles. The summed E-state index contributed by atoms with van der Waals surface area (Å²) >= 11 is 5.47. The van der Waals surface area contributed by atoms with Crippen LogP contribution in [0.25, 0.3) is 0 Å². The van der Waals surface area contributed by atoms with Gasteiger partial charge in [0.25, 0.3) is 0 Å². The third-order valence-electron chi connectivity index (χ3n) is 5.28. The normalized spacial score (nSPS) is 32.2. The maximum atomic E-state index is 10.5. The molecule has 0 radical (unpaired) electrons. The molecule has 8 heteroatoms. The van der Waals surface area contributed by atoms with Crippen LogP contribution in [0.5, 0.6) is 0 Å². The van der Waals surface area contributed by atoms with Gasteiger partial charge in [0.05, 0.1) is 12.2 Å². The van der Waals surface area contributed by atoms with E-state index in [1.54, 1.807) is 4.57 Å². The van der Waals surface area contributed by atoms with Crippen LogP contribution in [-0.2, 0) is 17.6 Å². The highest BCUT2D eigenvalue weighted by atomic mass is 32.1. The van der Waals surface area contributed by atoms with Crippen molar-refractivity contribution in [2.45, 2.75) is 69.2 Å². The number of pyridine rings is 1. The Morgan fingerprint density at radius 3 is 2.46 bits per heavy atom. The van der Waals surface area contributed by atoms with E-state index in [1.807, 2.05) is 6.07 Å². The number of ether oxygens (including phenoxy) is 1. The quantitative estimate of drug-likeness (QED) is 0.558. The number of hydrogen-bond donors (Lipinski definition) is 4. The summed E-state index contributed by atoms with van der Waals surface area (Å²) in [5, 5.41) is 49.6. The number of rotatable bonds is 2. The van der Waals surface area contributed by atoms with Crippen molar-refractivity contribution < 1.29 is 25.2 Å². The number of nitrogens with zero attached hydrogens (tertiary/aromatic N) is 2. The average molecular weight is 380 g/mol. The molecule has 0 saturated carbocycles. The summed E-state index contributed by atoms with van der Waals surface area (Å²) in [5.74, 6) is 0. The van der Waals surface area contributed by atoms with Crippen molar-refractivity contribution in [3.05, 3.63) is 27.5 Å². The summed E-state index contributed by atoms with van der Waals surface area (Å²) in [6.45, 7) is -0.505. The number of aromatic nitrogens is 1. The topological polar surface area (TPSA) is 119 Å². The Morgan fingerprint density at radius 2 is 1.81 bits per heavy atom. The fourth-order valence-electron chi connectivity index (χ4n) is 3.83. The van der Waals surface area contributed by atoms with Gasteiger partial charge < -0.3 is 29.7 Å². The smallest absolute Gasteiger partial charge is 0.164 e. The van der Waals surface area contributed by atoms with Crippen molar-refractivity contribution in [1.29, 1.82) is 5.26 Å². The average Bonchev–Trinajstić information content (AvgIpc) is 2.62. The van der Waals surface area contributed by atoms with Crippen molar-refractivity contribution in [3.8, 4) is 6.07 Å². The van der Waals surface area contributed by atoms with Gasteiger partial charge in [0.15, 0.2) is 6.23 Å². The third kappa shape index (κ3) is 3.43. The minimum Gasteiger partial charge on any atom is -0.394 e. The van der Waals surface area contributed by atoms with Crippen molar-refractivity contribution in [3.63, 3.8) is 0 Å². The van der Waals surface area contributed by atoms with Crippen LogP contribution < -0.4 is 0 Å². The summed E-state index contributed by atoms with van der Waals surface area (Å²) in [7, 11) is 0. The van der Waals surface area contributed by atoms with E-state index < -0.39 is 37.3 Å². The first-order valence-corrected chi connectivity index (χ1v) is 9.38. The van der Waals surface area contributed by atoms with Crippen LogP contribution >= 0.6 is 12.2 Å². The van der Waals surface area contributed by atoms with Crippen molar-refractivity contribution >= 4 is 12.2 Å². The van der Waals surface area contributed by atoms with Gasteiger partial charge in [0.2, 0.25) is 0 Å². The lowest BCUT2D eigenvalue weighted by Crippen LogP contribution is -2.56. The summed E-state index contributed by atoms with van der Waals surface area (Å²) in [6.07, 6.45) is -0.745. The van der Waals surface area contributed by atoms with Gasteiger partial charge >= 0.3 is 0 Å². The fourth-order valence-corrected chi connectivity index (χ4v) is 4.15. The zero-order valence-corrected chi connectivity index (χ0v) is 15.2. The standard InChI is InChI=1S/C18H24N2O5S/c19-8-11-7-10-5-3-1-2-4-6-12(10)20(18(11)26)17-16(24)15(23)14(22)13(9-21)25-17/h7,13-17,21-24H,1-6,9H2/t13-,14+,15+,16-,17-/m1/s1. The van der Waals surface area contributed by atoms with Crippen LogP contribution in [0.2, 0.25) is 0 Å². The molecule has 0 amide bonds. The van der Waals surface area contributed by atoms with E-state index in [-0.39, 0.29) is 4.64 Å². The number of nitriles is 1. The molecule has 1 saturated heterocycles. The first-order valence-electron chi connectivity index (χ1n) is 8.97. The number of aliphatic hydroxyl groups is 4. The van der Waals surface area contributed by atoms with E-state index in [0.717, 1.165) is 49.8 Å². The molecule has 1 aromatic rings. The Kier molecular flexibility index (Phi) is 6.07. The molecule has 1 aliphatic heterocycles. The molecule has 5 atom stereocenters. The first kappa shape index (κ1) is 19.4. The predicted octanol–water partition coefficient (Wildman–Crippen LogP) is 0.721. The SMILES string of the molecule is N#Cc1cc2c(n([C@@H]3O[C@H](CO)[C@H](O)[C@H](O)[C@H]3O)c1=S)CCCCCC2. The van der Waals surface area contributed by atoms with Gasteiger partial charge in [-0.05, 0) is 37.3 Å². The van der Waals surface area contributed by atoms with Crippen molar-refractivity contribution in [2.75, 3.05) is 6.61 Å². The van der Waals surface area contributed by atoms with Crippen LogP contribution in [0.1, 0.15) is 48.7 Å². The largest absolute Gasteiger partial charge is 0.394 e. The molecule has 3 rings (SSSR count). The van der Waals surface area contributed by atoms with Crippen molar-refractivity contribution in [2.24, 2.45) is 0 Å². The molecule has 4 N–H and O–H groups in total. The van der Waals surface area contributed by atoms with E-state index >= 15 is 0 Å². The number of fused-ring (bicyclic) bond motifs is 1. The molecule has 0 bridgehead atoms. The van der Waals surface area contributed by atoms with Gasteiger partial charge in [-0.1, -0.05) is 25.1 Å². The highest BCUT2D eigenvalue weighted by Crippen LogP contribution is 2.33. The van der Waals surface area contributed by atoms with Crippen LogP contribution in [0.15, 0.2) is 6.07 Å². The van der Waals surface area contributed by atoms with Crippen LogP contribution in [0.3, 0.4) is 0 Å². The Morgan fingerprint density at radius 1 is 1.12 bits per heavy atom. The van der Waals surface area contributed by atoms with Gasteiger partial charge in [-0.15, -0.1) is 0 Å². The molecule has 2 heterocycles. The monoisotopic (exact) mass is 380 g/mol. The number of aliphatic hydroxyl groups excluding tert-OH is 4. The Bertz CT molecular complexity index is 757. The maximum absolute atomic E-state index is 10.5. The van der Waals surface area contributed by atoms with Crippen LogP contribution in [0, 0.1) is 16.0 Å². The lowest BCUT2D eigenvalue weighted by Gasteiger charge is -2.42. The van der Waals surface area contributed by atoms with E-state index in [9.17, 15) is 25.7 Å². The summed E-state index contributed by atoms with van der Waals surface area (Å²) in [6, 6.07) is 3.91. The summed E-state index contributed by atoms with van der Waals surface area (Å²) < 4.78 is 7.55. The molecular weight excluding hydrogens is 356 g/mol. The molecule has 0 unspecified atom stereocenters. The van der Waals surface area contributed by atoms with Crippen molar-refractivity contribution in [1.82, 2.24) is 4.57 Å². The molecular formula is C18H24N2O5S. The van der Waals surface area contributed by atoms with E-state index in [1.165, 1.54) is 0 Å². The van der Waals surface area contributed by atoms with Gasteiger partial charge in [0.1, 0.15) is 35.1 Å². The van der Waals surface area contributed by atoms with E-state index in [2.05, 4.69) is 6.07 Å². The van der Waals surface area contributed by atoms with E-state index in [4.69, 9.17) is 17.0 Å². The Hall–Kier alpha value is -1.34. The second kappa shape index (κ2) is 8.13. The predicted molar refractivity (Wildman–Crippen MR) is 94.9 cm³/mol. The zero-order chi connectivity index (χ0) is 18.8. The second-order valence-corrected chi connectivity index (χ2v) is 7.34. The van der Waals surface area contributed by atoms with Gasteiger partial charge in [-0.25, -0.2) is 0 Å². The first-order chi connectivity index (χ1) is 12.5. The van der Waals surface area contributed by atoms with E-state index in [0.29, 0.717) is 5.56 Å². The Balaban J connectivity index is 2.15. The lowest BCUT2D eigenvalue weighted by atomic mass is 9.94. The minimum atomic E-state index is -1.48. The highest BCUT2D eigenvalue weighted by Gasteiger charge is 2.45. The molecule has 1 aromatic heterocycles. The lowest BCUT2D eigenvalue weighted by molar-refractivity contribution is -0.252. The zero-order valence-electron chi connectivity index (χ0n) is 14.4. The fraction of sp³-hybridized carbons (Fsp3) is 0.667. The maximum Gasteiger partial charge on any atom is 0.164 e. The highest BCUT2D eigenvalue weighted by molar-refractivity contribution is 7.71. The molecule has 142 valence electrons. The van der Waals surface area contributed by atoms with Gasteiger partial charge in [-0.3, -0.25) is 0 Å². The Labute approximate surface area is 157 Å². The number of hydrogen-bond acceptors (Lipinski definition) is 7. The minimum absolute atomic E-state index is 0.233. The molecule has 1 aliphatic carbocycles. The third-order valence-corrected chi connectivity index (χ3v) is 5.70. The molecule has 7 nitrogen and oxygen atoms in total. The molecule has 26 heavy (non-hydrogen) atoms. The molecule has 1 fully saturated rings. The van der Waals surface area contributed by atoms with Gasteiger partial charge in [0, 0.05) is 5.69 Å². The van der Waals surface area contributed by atoms with Crippen LogP contribution in [-0.4, -0.2) is 56.0 Å². The molecule has 2 aliphatic rings. The molecule has 0 spiro atoms. The summed E-state index contributed by atoms with van der Waals surface area (Å²) in [5.41, 5.74) is 2.20. The summed E-state index contributed by atoms with van der Waals surface area (Å²) in [4.78, 5) is 0. The number of aryl methyl sites for hydroxylation is 1. The second-order valence-electron chi connectivity index (χ2n) is 6.95.